The highest BCUT2D eigenvalue weighted by atomic mass is 16.5. The SMILES string of the molecule is Cc1cc(Oc2cc(C#N)ccc2-c2ccc([C@H](O)CN)cn2)cc(OCC2CCCO2)n1. The maximum absolute atomic E-state index is 9.92. The molecule has 0 radical (unpaired) electrons. The van der Waals surface area contributed by atoms with E-state index in [2.05, 4.69) is 16.0 Å². The molecule has 1 aromatic carbocycles. The van der Waals surface area contributed by atoms with Crippen LogP contribution < -0.4 is 15.2 Å². The van der Waals surface area contributed by atoms with Crippen molar-refractivity contribution in [1.82, 2.24) is 9.97 Å². The van der Waals surface area contributed by atoms with Crippen molar-refractivity contribution in [3.63, 3.8) is 0 Å². The van der Waals surface area contributed by atoms with Crippen molar-refractivity contribution in [3.8, 4) is 34.7 Å². The zero-order valence-corrected chi connectivity index (χ0v) is 18.4. The normalized spacial score (nSPS) is 16.2. The van der Waals surface area contributed by atoms with Crippen LogP contribution in [-0.4, -0.2) is 40.9 Å². The number of aliphatic hydroxyl groups is 1. The lowest BCUT2D eigenvalue weighted by atomic mass is 10.1. The first-order valence-corrected chi connectivity index (χ1v) is 10.9. The number of nitrogens with zero attached hydrogens (tertiary/aromatic N) is 3. The standard InChI is InChI=1S/C25H26N4O4/c1-16-9-20(11-25(29-16)32-15-19-3-2-8-31-19)33-24-10-17(12-26)4-6-21(24)22-7-5-18(14-28-22)23(30)13-27/h4-7,9-11,14,19,23,30H,2-3,8,13,15,27H2,1H3/t19?,23-/m1/s1. The fourth-order valence-electron chi connectivity index (χ4n) is 3.61. The summed E-state index contributed by atoms with van der Waals surface area (Å²) in [5.41, 5.74) is 8.71. The Balaban J connectivity index is 1.60. The smallest absolute Gasteiger partial charge is 0.217 e. The largest absolute Gasteiger partial charge is 0.475 e. The molecule has 8 nitrogen and oxygen atoms in total. The predicted octanol–water partition coefficient (Wildman–Crippen LogP) is 3.67. The Morgan fingerprint density at radius 3 is 2.85 bits per heavy atom. The summed E-state index contributed by atoms with van der Waals surface area (Å²) < 4.78 is 17.6. The molecular weight excluding hydrogens is 420 g/mol. The van der Waals surface area contributed by atoms with Crippen molar-refractivity contribution in [2.75, 3.05) is 19.8 Å². The summed E-state index contributed by atoms with van der Waals surface area (Å²) in [6.45, 7) is 3.18. The van der Waals surface area contributed by atoms with Gasteiger partial charge in [0, 0.05) is 48.3 Å². The number of pyridine rings is 2. The van der Waals surface area contributed by atoms with Crippen molar-refractivity contribution < 1.29 is 19.3 Å². The quantitative estimate of drug-likeness (QED) is 0.537. The second-order valence-corrected chi connectivity index (χ2v) is 7.88. The van der Waals surface area contributed by atoms with E-state index in [4.69, 9.17) is 19.9 Å². The number of ether oxygens (including phenoxy) is 3. The molecule has 33 heavy (non-hydrogen) atoms. The summed E-state index contributed by atoms with van der Waals surface area (Å²) in [6.07, 6.45) is 2.93. The Morgan fingerprint density at radius 2 is 2.15 bits per heavy atom. The second-order valence-electron chi connectivity index (χ2n) is 7.88. The van der Waals surface area contributed by atoms with Gasteiger partial charge < -0.3 is 25.1 Å². The summed E-state index contributed by atoms with van der Waals surface area (Å²) in [4.78, 5) is 8.88. The van der Waals surface area contributed by atoms with Crippen LogP contribution in [-0.2, 0) is 4.74 Å². The topological polar surface area (TPSA) is 124 Å². The van der Waals surface area contributed by atoms with Gasteiger partial charge in [-0.1, -0.05) is 6.07 Å². The Hall–Kier alpha value is -3.51. The van der Waals surface area contributed by atoms with Crippen molar-refractivity contribution in [2.45, 2.75) is 32.0 Å². The second kappa shape index (κ2) is 10.4. The molecule has 0 bridgehead atoms. The molecule has 0 saturated carbocycles. The third-order valence-electron chi connectivity index (χ3n) is 5.35. The van der Waals surface area contributed by atoms with Gasteiger partial charge in [-0.2, -0.15) is 5.26 Å². The summed E-state index contributed by atoms with van der Waals surface area (Å²) in [6, 6.07) is 14.4. The highest BCUT2D eigenvalue weighted by molar-refractivity contribution is 5.69. The summed E-state index contributed by atoms with van der Waals surface area (Å²) in [5.74, 6) is 1.47. The van der Waals surface area contributed by atoms with Gasteiger partial charge in [-0.15, -0.1) is 0 Å². The van der Waals surface area contributed by atoms with Gasteiger partial charge in [0.1, 0.15) is 18.1 Å². The van der Waals surface area contributed by atoms with E-state index < -0.39 is 6.10 Å². The molecule has 0 spiro atoms. The van der Waals surface area contributed by atoms with Gasteiger partial charge in [-0.25, -0.2) is 4.98 Å². The van der Waals surface area contributed by atoms with Gasteiger partial charge in [-0.3, -0.25) is 4.98 Å². The third kappa shape index (κ3) is 5.65. The van der Waals surface area contributed by atoms with Crippen LogP contribution in [0, 0.1) is 18.3 Å². The maximum atomic E-state index is 9.92. The van der Waals surface area contributed by atoms with E-state index >= 15 is 0 Å². The van der Waals surface area contributed by atoms with E-state index in [1.807, 2.05) is 6.92 Å². The van der Waals surface area contributed by atoms with Crippen LogP contribution in [0.3, 0.4) is 0 Å². The van der Waals surface area contributed by atoms with E-state index in [1.165, 1.54) is 0 Å². The molecular formula is C25H26N4O4. The zero-order chi connectivity index (χ0) is 23.2. The molecule has 1 fully saturated rings. The van der Waals surface area contributed by atoms with Crippen LogP contribution in [0.4, 0.5) is 0 Å². The van der Waals surface area contributed by atoms with Crippen LogP contribution in [0.1, 0.15) is 35.8 Å². The number of aliphatic hydroxyl groups excluding tert-OH is 1. The monoisotopic (exact) mass is 446 g/mol. The molecule has 1 unspecified atom stereocenters. The van der Waals surface area contributed by atoms with Gasteiger partial charge in [0.15, 0.2) is 0 Å². The molecule has 3 heterocycles. The van der Waals surface area contributed by atoms with E-state index in [0.717, 1.165) is 25.1 Å². The van der Waals surface area contributed by atoms with Crippen molar-refractivity contribution in [2.24, 2.45) is 5.73 Å². The number of nitrogens with two attached hydrogens (primary N) is 1. The highest BCUT2D eigenvalue weighted by Crippen LogP contribution is 2.35. The van der Waals surface area contributed by atoms with E-state index in [9.17, 15) is 10.4 Å². The lowest BCUT2D eigenvalue weighted by Crippen LogP contribution is -2.16. The summed E-state index contributed by atoms with van der Waals surface area (Å²) >= 11 is 0. The number of aromatic nitrogens is 2. The van der Waals surface area contributed by atoms with Crippen molar-refractivity contribution in [3.05, 3.63) is 65.5 Å². The van der Waals surface area contributed by atoms with Gasteiger partial charge >= 0.3 is 0 Å². The summed E-state index contributed by atoms with van der Waals surface area (Å²) in [7, 11) is 0. The summed E-state index contributed by atoms with van der Waals surface area (Å²) in [5, 5.41) is 19.3. The van der Waals surface area contributed by atoms with Crippen LogP contribution >= 0.6 is 0 Å². The molecule has 1 aliphatic rings. The van der Waals surface area contributed by atoms with Crippen LogP contribution in [0.15, 0.2) is 48.7 Å². The average Bonchev–Trinajstić information content (AvgIpc) is 3.36. The molecule has 1 aliphatic heterocycles. The van der Waals surface area contributed by atoms with Gasteiger partial charge in [0.2, 0.25) is 5.88 Å². The first kappa shape index (κ1) is 22.7. The molecule has 0 aliphatic carbocycles. The average molecular weight is 447 g/mol. The Kier molecular flexibility index (Phi) is 7.15. The van der Waals surface area contributed by atoms with Crippen LogP contribution in [0.5, 0.6) is 17.4 Å². The van der Waals surface area contributed by atoms with E-state index in [0.29, 0.717) is 46.4 Å². The fraction of sp³-hybridized carbons (Fsp3) is 0.320. The molecule has 0 amide bonds. The number of nitriles is 1. The number of hydrogen-bond donors (Lipinski definition) is 2. The first-order valence-electron chi connectivity index (χ1n) is 10.9. The molecule has 2 atom stereocenters. The number of hydrogen-bond acceptors (Lipinski definition) is 8. The zero-order valence-electron chi connectivity index (χ0n) is 18.4. The Bertz CT molecular complexity index is 1140. The van der Waals surface area contributed by atoms with E-state index in [-0.39, 0.29) is 12.6 Å². The number of benzene rings is 1. The lowest BCUT2D eigenvalue weighted by molar-refractivity contribution is 0.0662. The number of aryl methyl sites for hydroxylation is 1. The minimum absolute atomic E-state index is 0.0856. The predicted molar refractivity (Wildman–Crippen MR) is 122 cm³/mol. The Morgan fingerprint density at radius 1 is 1.27 bits per heavy atom. The van der Waals surface area contributed by atoms with Gasteiger partial charge in [0.05, 0.1) is 29.5 Å². The fourth-order valence-corrected chi connectivity index (χ4v) is 3.61. The lowest BCUT2D eigenvalue weighted by Gasteiger charge is -2.15. The minimum Gasteiger partial charge on any atom is -0.475 e. The third-order valence-corrected chi connectivity index (χ3v) is 5.35. The minimum atomic E-state index is -0.768. The van der Waals surface area contributed by atoms with Gasteiger partial charge in [-0.05, 0) is 44.0 Å². The molecule has 1 saturated heterocycles. The van der Waals surface area contributed by atoms with E-state index in [1.54, 1.807) is 48.7 Å². The number of rotatable bonds is 8. The molecule has 3 N–H and O–H groups in total. The molecule has 170 valence electrons. The van der Waals surface area contributed by atoms with Crippen LogP contribution in [0.25, 0.3) is 11.3 Å². The maximum Gasteiger partial charge on any atom is 0.217 e. The van der Waals surface area contributed by atoms with Gasteiger partial charge in [0.25, 0.3) is 0 Å². The highest BCUT2D eigenvalue weighted by Gasteiger charge is 2.17. The molecule has 4 rings (SSSR count). The molecule has 2 aromatic heterocycles. The Labute approximate surface area is 192 Å². The molecule has 3 aromatic rings. The van der Waals surface area contributed by atoms with Crippen molar-refractivity contribution in [1.29, 1.82) is 5.26 Å². The first-order chi connectivity index (χ1) is 16.1. The molecule has 8 heteroatoms. The van der Waals surface area contributed by atoms with Crippen LogP contribution in [0.2, 0.25) is 0 Å². The van der Waals surface area contributed by atoms with Crippen molar-refractivity contribution >= 4 is 0 Å².